The molecule has 1 N–H and O–H groups in total. The maximum absolute atomic E-state index is 6.39. The lowest BCUT2D eigenvalue weighted by atomic mass is 9.47. The molecule has 3 nitrogen and oxygen atoms in total. The quantitative estimate of drug-likeness (QED) is 0.802. The van der Waals surface area contributed by atoms with Crippen LogP contribution in [0.3, 0.4) is 0 Å². The van der Waals surface area contributed by atoms with Gasteiger partial charge >= 0.3 is 0 Å². The fourth-order valence-electron chi connectivity index (χ4n) is 6.20. The first-order valence-corrected chi connectivity index (χ1v) is 7.79. The molecule has 6 aliphatic rings. The summed E-state index contributed by atoms with van der Waals surface area (Å²) in [6.07, 6.45) is 8.89. The SMILES string of the molecule is C1C2CC3CC1CC(C14CNCC(CO1)O4)(C2)C3.Cl. The second kappa shape index (κ2) is 4.09. The van der Waals surface area contributed by atoms with Crippen molar-refractivity contribution in [3.8, 4) is 0 Å². The zero-order chi connectivity index (χ0) is 11.8. The largest absolute Gasteiger partial charge is 0.345 e. The normalized spacial score (nSPS) is 58.1. The van der Waals surface area contributed by atoms with Gasteiger partial charge in [-0.15, -0.1) is 12.4 Å². The van der Waals surface area contributed by atoms with Gasteiger partial charge in [-0.05, 0) is 56.3 Å². The van der Waals surface area contributed by atoms with Gasteiger partial charge in [0.2, 0.25) is 0 Å². The van der Waals surface area contributed by atoms with Crippen molar-refractivity contribution in [2.45, 2.75) is 50.4 Å². The van der Waals surface area contributed by atoms with E-state index < -0.39 is 0 Å². The number of nitrogens with one attached hydrogen (secondary N) is 1. The summed E-state index contributed by atoms with van der Waals surface area (Å²) < 4.78 is 12.6. The minimum absolute atomic E-state index is 0. The Labute approximate surface area is 121 Å². The molecular weight excluding hydrogens is 262 g/mol. The summed E-state index contributed by atoms with van der Waals surface area (Å²) in [7, 11) is 0. The minimum atomic E-state index is -0.258. The van der Waals surface area contributed by atoms with E-state index in [1.807, 2.05) is 0 Å². The molecule has 2 heterocycles. The zero-order valence-corrected chi connectivity index (χ0v) is 12.2. The van der Waals surface area contributed by atoms with Gasteiger partial charge in [0.1, 0.15) is 0 Å². The summed E-state index contributed by atoms with van der Waals surface area (Å²) in [6.45, 7) is 2.72. The van der Waals surface area contributed by atoms with E-state index in [4.69, 9.17) is 9.47 Å². The first kappa shape index (κ1) is 12.9. The monoisotopic (exact) mass is 285 g/mol. The van der Waals surface area contributed by atoms with Crippen molar-refractivity contribution in [2.24, 2.45) is 23.2 Å². The number of halogens is 1. The highest BCUT2D eigenvalue weighted by Crippen LogP contribution is 2.65. The van der Waals surface area contributed by atoms with Gasteiger partial charge in [-0.2, -0.15) is 0 Å². The third-order valence-corrected chi connectivity index (χ3v) is 6.44. The van der Waals surface area contributed by atoms with Gasteiger partial charge in [-0.25, -0.2) is 0 Å². The summed E-state index contributed by atoms with van der Waals surface area (Å²) in [5, 5.41) is 3.56. The highest BCUT2D eigenvalue weighted by Gasteiger charge is 2.65. The van der Waals surface area contributed by atoms with E-state index in [1.165, 1.54) is 38.5 Å². The van der Waals surface area contributed by atoms with Crippen LogP contribution in [0.4, 0.5) is 0 Å². The molecule has 6 rings (SSSR count). The molecule has 2 aliphatic heterocycles. The predicted molar refractivity (Wildman–Crippen MR) is 74.3 cm³/mol. The van der Waals surface area contributed by atoms with E-state index in [-0.39, 0.29) is 18.2 Å². The van der Waals surface area contributed by atoms with E-state index in [2.05, 4.69) is 5.32 Å². The van der Waals surface area contributed by atoms with E-state index in [0.717, 1.165) is 37.5 Å². The van der Waals surface area contributed by atoms with E-state index >= 15 is 0 Å². The molecule has 4 saturated carbocycles. The Bertz CT molecular complexity index is 349. The van der Waals surface area contributed by atoms with Gasteiger partial charge in [0.15, 0.2) is 5.79 Å². The van der Waals surface area contributed by atoms with Crippen molar-refractivity contribution < 1.29 is 9.47 Å². The summed E-state index contributed by atoms with van der Waals surface area (Å²) in [4.78, 5) is 0. The smallest absolute Gasteiger partial charge is 0.187 e. The third-order valence-electron chi connectivity index (χ3n) is 6.44. The maximum atomic E-state index is 6.39. The van der Waals surface area contributed by atoms with Gasteiger partial charge < -0.3 is 14.8 Å². The average Bonchev–Trinajstić information content (AvgIpc) is 2.64. The van der Waals surface area contributed by atoms with Crippen LogP contribution in [0.25, 0.3) is 0 Å². The highest BCUT2D eigenvalue weighted by atomic mass is 35.5. The van der Waals surface area contributed by atoms with Crippen molar-refractivity contribution >= 4 is 12.4 Å². The zero-order valence-electron chi connectivity index (χ0n) is 11.4. The lowest BCUT2D eigenvalue weighted by Gasteiger charge is -2.62. The Balaban J connectivity index is 0.000000968. The van der Waals surface area contributed by atoms with Crippen molar-refractivity contribution in [3.63, 3.8) is 0 Å². The Morgan fingerprint density at radius 2 is 1.58 bits per heavy atom. The molecule has 2 saturated heterocycles. The first-order valence-electron chi connectivity index (χ1n) is 7.79. The van der Waals surface area contributed by atoms with Crippen LogP contribution in [0.1, 0.15) is 38.5 Å². The molecule has 0 amide bonds. The van der Waals surface area contributed by atoms with Crippen LogP contribution in [0.2, 0.25) is 0 Å². The molecule has 6 bridgehead atoms. The second-order valence-corrected chi connectivity index (χ2v) is 7.63. The first-order chi connectivity index (χ1) is 8.77. The van der Waals surface area contributed by atoms with Crippen molar-refractivity contribution in [1.29, 1.82) is 0 Å². The molecule has 19 heavy (non-hydrogen) atoms. The molecule has 0 aromatic carbocycles. The van der Waals surface area contributed by atoms with E-state index in [1.54, 1.807) is 0 Å². The van der Waals surface area contributed by atoms with Gasteiger partial charge in [0, 0.05) is 12.0 Å². The number of ether oxygens (including phenoxy) is 2. The predicted octanol–water partition coefficient (Wildman–Crippen LogP) is 2.34. The van der Waals surface area contributed by atoms with Crippen molar-refractivity contribution in [3.05, 3.63) is 0 Å². The number of morpholine rings is 1. The lowest BCUT2D eigenvalue weighted by Crippen LogP contribution is -2.64. The number of hydrogen-bond acceptors (Lipinski definition) is 3. The van der Waals surface area contributed by atoms with Crippen LogP contribution in [-0.2, 0) is 9.47 Å². The summed E-state index contributed by atoms with van der Waals surface area (Å²) in [5.74, 6) is 2.66. The van der Waals surface area contributed by atoms with Crippen LogP contribution in [-0.4, -0.2) is 31.6 Å². The Kier molecular flexibility index (Phi) is 2.77. The van der Waals surface area contributed by atoms with Crippen LogP contribution in [0.5, 0.6) is 0 Å². The van der Waals surface area contributed by atoms with Crippen LogP contribution < -0.4 is 5.32 Å². The third kappa shape index (κ3) is 1.62. The molecule has 6 fully saturated rings. The fraction of sp³-hybridized carbons (Fsp3) is 1.00. The van der Waals surface area contributed by atoms with Crippen molar-refractivity contribution in [1.82, 2.24) is 5.32 Å². The average molecular weight is 286 g/mol. The number of hydrogen-bond donors (Lipinski definition) is 1. The molecule has 4 aliphatic carbocycles. The van der Waals surface area contributed by atoms with E-state index in [0.29, 0.717) is 11.5 Å². The van der Waals surface area contributed by atoms with Gasteiger partial charge in [0.05, 0.1) is 19.3 Å². The van der Waals surface area contributed by atoms with Gasteiger partial charge in [-0.3, -0.25) is 0 Å². The summed E-state index contributed by atoms with van der Waals surface area (Å²) >= 11 is 0. The standard InChI is InChI=1S/C15H23NO2.ClH/c1-10-2-12-3-11(1)5-14(4-10,6-12)15-9-16-7-13(18-15)8-17-15;/h10-13,16H,1-9H2;1H. The lowest BCUT2D eigenvalue weighted by molar-refractivity contribution is -0.291. The van der Waals surface area contributed by atoms with Crippen molar-refractivity contribution in [2.75, 3.05) is 19.7 Å². The summed E-state index contributed by atoms with van der Waals surface area (Å²) in [6, 6.07) is 0. The van der Waals surface area contributed by atoms with Gasteiger partial charge in [0.25, 0.3) is 0 Å². The van der Waals surface area contributed by atoms with Crippen LogP contribution in [0, 0.1) is 23.2 Å². The molecule has 2 atom stereocenters. The van der Waals surface area contributed by atoms with Crippen LogP contribution in [0.15, 0.2) is 0 Å². The summed E-state index contributed by atoms with van der Waals surface area (Å²) in [5.41, 5.74) is 0.351. The Morgan fingerprint density at radius 3 is 2.21 bits per heavy atom. The van der Waals surface area contributed by atoms with Crippen LogP contribution >= 0.6 is 12.4 Å². The Morgan fingerprint density at radius 1 is 0.947 bits per heavy atom. The molecule has 0 radical (unpaired) electrons. The van der Waals surface area contributed by atoms with E-state index in [9.17, 15) is 0 Å². The molecule has 0 aromatic rings. The number of fused-ring (bicyclic) bond motifs is 2. The maximum Gasteiger partial charge on any atom is 0.187 e. The van der Waals surface area contributed by atoms with Gasteiger partial charge in [-0.1, -0.05) is 0 Å². The number of rotatable bonds is 1. The Hall–Kier alpha value is 0.170. The topological polar surface area (TPSA) is 30.5 Å². The molecule has 0 spiro atoms. The molecular formula is C15H24ClNO2. The molecule has 0 aromatic heterocycles. The molecule has 4 heteroatoms. The molecule has 108 valence electrons. The molecule has 2 unspecified atom stereocenters. The highest BCUT2D eigenvalue weighted by molar-refractivity contribution is 5.85. The fourth-order valence-corrected chi connectivity index (χ4v) is 6.20. The minimum Gasteiger partial charge on any atom is -0.345 e. The second-order valence-electron chi connectivity index (χ2n) is 7.63.